The summed E-state index contributed by atoms with van der Waals surface area (Å²) in [6.07, 6.45) is 0. The Balaban J connectivity index is 1.41. The number of benzene rings is 3. The van der Waals surface area contributed by atoms with Crippen LogP contribution in [-0.4, -0.2) is 29.7 Å². The lowest BCUT2D eigenvalue weighted by atomic mass is 9.76. The molecule has 0 bridgehead atoms. The van der Waals surface area contributed by atoms with E-state index in [2.05, 4.69) is 10.6 Å². The standard InChI is InChI=1S/C29H25ClN4O4/c1-16-24-25(27(37)34(26(24)36)20-13-11-19(12-14-20)31-17(2)35)29(32-16)21-8-4-6-10-23(21)33(28(29)38)15-18-7-3-5-9-22(18)30/h3-14,16,24-25,32H,15H2,1-2H3,(H,31,35)/t16-,24+,25+,29-/m0/s1. The molecular weight excluding hydrogens is 504 g/mol. The number of hydrogen-bond acceptors (Lipinski definition) is 5. The molecule has 1 spiro atoms. The number of amides is 4. The molecule has 6 rings (SSSR count). The van der Waals surface area contributed by atoms with Gasteiger partial charge in [0.1, 0.15) is 5.54 Å². The van der Waals surface area contributed by atoms with Crippen molar-refractivity contribution in [1.82, 2.24) is 5.32 Å². The van der Waals surface area contributed by atoms with Crippen molar-refractivity contribution in [3.63, 3.8) is 0 Å². The van der Waals surface area contributed by atoms with E-state index < -0.39 is 29.3 Å². The molecule has 0 unspecified atom stereocenters. The molecule has 9 heteroatoms. The summed E-state index contributed by atoms with van der Waals surface area (Å²) in [6.45, 7) is 3.48. The third-order valence-corrected chi connectivity index (χ3v) is 8.11. The molecule has 2 N–H and O–H groups in total. The van der Waals surface area contributed by atoms with E-state index in [9.17, 15) is 19.2 Å². The first kappa shape index (κ1) is 24.3. The highest BCUT2D eigenvalue weighted by atomic mass is 35.5. The monoisotopic (exact) mass is 528 g/mol. The summed E-state index contributed by atoms with van der Waals surface area (Å²) in [5.74, 6) is -2.89. The second-order valence-corrected chi connectivity index (χ2v) is 10.4. The van der Waals surface area contributed by atoms with E-state index in [1.807, 2.05) is 49.4 Å². The summed E-state index contributed by atoms with van der Waals surface area (Å²) in [4.78, 5) is 56.3. The highest BCUT2D eigenvalue weighted by Gasteiger charge is 2.71. The molecule has 4 atom stereocenters. The lowest BCUT2D eigenvalue weighted by molar-refractivity contribution is -0.132. The minimum absolute atomic E-state index is 0.220. The minimum Gasteiger partial charge on any atom is -0.326 e. The molecule has 2 fully saturated rings. The van der Waals surface area contributed by atoms with Crippen molar-refractivity contribution in [3.05, 3.63) is 88.9 Å². The summed E-state index contributed by atoms with van der Waals surface area (Å²) < 4.78 is 0. The fourth-order valence-corrected chi connectivity index (χ4v) is 6.41. The Kier molecular flexibility index (Phi) is 5.63. The van der Waals surface area contributed by atoms with Gasteiger partial charge in [-0.15, -0.1) is 0 Å². The van der Waals surface area contributed by atoms with Gasteiger partial charge < -0.3 is 10.2 Å². The molecule has 0 aromatic heterocycles. The number of fused-ring (bicyclic) bond motifs is 4. The summed E-state index contributed by atoms with van der Waals surface area (Å²) in [7, 11) is 0. The van der Waals surface area contributed by atoms with Gasteiger partial charge >= 0.3 is 0 Å². The molecule has 8 nitrogen and oxygen atoms in total. The maximum atomic E-state index is 14.3. The second kappa shape index (κ2) is 8.79. The summed E-state index contributed by atoms with van der Waals surface area (Å²) in [5, 5.41) is 6.62. The number of nitrogens with zero attached hydrogens (tertiary/aromatic N) is 2. The molecule has 0 saturated carbocycles. The van der Waals surface area contributed by atoms with Crippen molar-refractivity contribution < 1.29 is 19.2 Å². The van der Waals surface area contributed by atoms with Gasteiger partial charge in [-0.25, -0.2) is 4.90 Å². The first-order valence-corrected chi connectivity index (χ1v) is 12.8. The van der Waals surface area contributed by atoms with Crippen LogP contribution in [0.3, 0.4) is 0 Å². The largest absolute Gasteiger partial charge is 0.326 e. The third kappa shape index (κ3) is 3.40. The fraction of sp³-hybridized carbons (Fsp3) is 0.241. The smallest absolute Gasteiger partial charge is 0.253 e. The Hall–Kier alpha value is -4.01. The van der Waals surface area contributed by atoms with E-state index >= 15 is 0 Å². The van der Waals surface area contributed by atoms with Crippen molar-refractivity contribution in [2.75, 3.05) is 15.1 Å². The van der Waals surface area contributed by atoms with Crippen LogP contribution in [0.4, 0.5) is 17.1 Å². The quantitative estimate of drug-likeness (QED) is 0.501. The molecule has 2 saturated heterocycles. The number of carbonyl (C=O) groups is 4. The van der Waals surface area contributed by atoms with Crippen LogP contribution < -0.4 is 20.4 Å². The van der Waals surface area contributed by atoms with Gasteiger partial charge in [-0.3, -0.25) is 24.5 Å². The third-order valence-electron chi connectivity index (χ3n) is 7.75. The molecule has 3 aromatic carbocycles. The van der Waals surface area contributed by atoms with E-state index in [-0.39, 0.29) is 24.3 Å². The Morgan fingerprint density at radius 3 is 2.37 bits per heavy atom. The average molecular weight is 529 g/mol. The molecule has 3 aliphatic heterocycles. The van der Waals surface area contributed by atoms with Crippen LogP contribution in [-0.2, 0) is 31.3 Å². The summed E-state index contributed by atoms with van der Waals surface area (Å²) in [5.41, 5.74) is 1.74. The Labute approximate surface area is 224 Å². The van der Waals surface area contributed by atoms with Gasteiger partial charge in [0.05, 0.1) is 24.1 Å². The van der Waals surface area contributed by atoms with Crippen molar-refractivity contribution in [2.45, 2.75) is 32.0 Å². The molecule has 0 radical (unpaired) electrons. The van der Waals surface area contributed by atoms with Gasteiger partial charge in [-0.05, 0) is 48.9 Å². The van der Waals surface area contributed by atoms with Crippen LogP contribution in [0.15, 0.2) is 72.8 Å². The molecule has 3 heterocycles. The lowest BCUT2D eigenvalue weighted by Gasteiger charge is -2.30. The first-order valence-electron chi connectivity index (χ1n) is 12.4. The zero-order valence-electron chi connectivity index (χ0n) is 20.8. The van der Waals surface area contributed by atoms with Gasteiger partial charge in [0, 0.05) is 34.9 Å². The van der Waals surface area contributed by atoms with Crippen molar-refractivity contribution in [1.29, 1.82) is 0 Å². The average Bonchev–Trinajstić information content (AvgIpc) is 3.44. The fourth-order valence-electron chi connectivity index (χ4n) is 6.21. The van der Waals surface area contributed by atoms with E-state index in [0.29, 0.717) is 27.6 Å². The number of nitrogens with one attached hydrogen (secondary N) is 2. The van der Waals surface area contributed by atoms with Gasteiger partial charge in [0.25, 0.3) is 5.91 Å². The van der Waals surface area contributed by atoms with Gasteiger partial charge in [-0.2, -0.15) is 0 Å². The van der Waals surface area contributed by atoms with Crippen LogP contribution >= 0.6 is 11.6 Å². The SMILES string of the molecule is CC(=O)Nc1ccc(N2C(=O)[C@@H]3[C@H](C)N[C@]4(C(=O)N(Cc5ccccc5Cl)c5ccccc54)[C@H]3C2=O)cc1. The van der Waals surface area contributed by atoms with Crippen molar-refractivity contribution >= 4 is 52.3 Å². The number of para-hydroxylation sites is 1. The maximum absolute atomic E-state index is 14.3. The molecular formula is C29H25ClN4O4. The van der Waals surface area contributed by atoms with Crippen LogP contribution in [0, 0.1) is 11.8 Å². The molecule has 0 aliphatic carbocycles. The van der Waals surface area contributed by atoms with Crippen molar-refractivity contribution in [2.24, 2.45) is 11.8 Å². The second-order valence-electron chi connectivity index (χ2n) is 9.98. The number of halogens is 1. The molecule has 3 aromatic rings. The highest BCUT2D eigenvalue weighted by molar-refractivity contribution is 6.31. The first-order chi connectivity index (χ1) is 18.2. The summed E-state index contributed by atoms with van der Waals surface area (Å²) in [6, 6.07) is 20.9. The van der Waals surface area contributed by atoms with Crippen LogP contribution in [0.5, 0.6) is 0 Å². The zero-order valence-corrected chi connectivity index (χ0v) is 21.5. The van der Waals surface area contributed by atoms with Crippen LogP contribution in [0.2, 0.25) is 5.02 Å². The Morgan fingerprint density at radius 2 is 1.66 bits per heavy atom. The van der Waals surface area contributed by atoms with Crippen LogP contribution in [0.1, 0.15) is 25.0 Å². The Morgan fingerprint density at radius 1 is 0.974 bits per heavy atom. The number of anilines is 3. The van der Waals surface area contributed by atoms with E-state index in [1.54, 1.807) is 35.2 Å². The highest BCUT2D eigenvalue weighted by Crippen LogP contribution is 2.55. The maximum Gasteiger partial charge on any atom is 0.253 e. The van der Waals surface area contributed by atoms with E-state index in [4.69, 9.17) is 11.6 Å². The van der Waals surface area contributed by atoms with Gasteiger partial charge in [0.2, 0.25) is 17.7 Å². The predicted molar refractivity (Wildman–Crippen MR) is 144 cm³/mol. The number of carbonyl (C=O) groups excluding carboxylic acids is 4. The normalized spacial score (nSPS) is 25.8. The minimum atomic E-state index is -1.38. The number of rotatable bonds is 4. The predicted octanol–water partition coefficient (Wildman–Crippen LogP) is 3.84. The molecule has 192 valence electrons. The Bertz CT molecular complexity index is 1510. The molecule has 3 aliphatic rings. The summed E-state index contributed by atoms with van der Waals surface area (Å²) >= 11 is 6.43. The van der Waals surface area contributed by atoms with E-state index in [1.165, 1.54) is 11.8 Å². The molecule has 4 amide bonds. The van der Waals surface area contributed by atoms with Gasteiger partial charge in [-0.1, -0.05) is 48.0 Å². The molecule has 38 heavy (non-hydrogen) atoms. The van der Waals surface area contributed by atoms with Crippen LogP contribution in [0.25, 0.3) is 0 Å². The number of hydrogen-bond donors (Lipinski definition) is 2. The van der Waals surface area contributed by atoms with E-state index in [0.717, 1.165) is 5.56 Å². The van der Waals surface area contributed by atoms with Gasteiger partial charge in [0.15, 0.2) is 0 Å². The topological polar surface area (TPSA) is 98.8 Å². The van der Waals surface area contributed by atoms with Crippen molar-refractivity contribution in [3.8, 4) is 0 Å². The zero-order chi connectivity index (χ0) is 26.8. The number of imide groups is 1. The lowest BCUT2D eigenvalue weighted by Crippen LogP contribution is -2.54.